The van der Waals surface area contributed by atoms with Gasteiger partial charge in [0.2, 0.25) is 5.89 Å². The number of thiocarbonyl (C=S) groups is 1. The zero-order chi connectivity index (χ0) is 22.1. The van der Waals surface area contributed by atoms with Crippen molar-refractivity contribution in [1.82, 2.24) is 10.3 Å². The van der Waals surface area contributed by atoms with E-state index in [-0.39, 0.29) is 27.3 Å². The van der Waals surface area contributed by atoms with Crippen molar-refractivity contribution < 1.29 is 14.3 Å². The summed E-state index contributed by atoms with van der Waals surface area (Å²) in [6.45, 7) is 0. The summed E-state index contributed by atoms with van der Waals surface area (Å²) < 4.78 is 5.71. The van der Waals surface area contributed by atoms with E-state index in [0.29, 0.717) is 32.4 Å². The van der Waals surface area contributed by atoms with Crippen LogP contribution in [0.2, 0.25) is 15.1 Å². The molecule has 1 heterocycles. The number of halogens is 3. The van der Waals surface area contributed by atoms with Gasteiger partial charge in [-0.25, -0.2) is 4.98 Å². The number of carbonyl (C=O) groups is 1. The van der Waals surface area contributed by atoms with E-state index in [1.807, 2.05) is 0 Å². The summed E-state index contributed by atoms with van der Waals surface area (Å²) in [6, 6.07) is 14.2. The van der Waals surface area contributed by atoms with Crippen LogP contribution < -0.4 is 10.6 Å². The number of hydrogen-bond acceptors (Lipinski definition) is 5. The van der Waals surface area contributed by atoms with Crippen LogP contribution in [-0.4, -0.2) is 21.1 Å². The van der Waals surface area contributed by atoms with Gasteiger partial charge < -0.3 is 14.8 Å². The molecule has 0 radical (unpaired) electrons. The van der Waals surface area contributed by atoms with E-state index in [2.05, 4.69) is 15.6 Å². The van der Waals surface area contributed by atoms with Crippen molar-refractivity contribution in [2.75, 3.05) is 5.32 Å². The molecule has 0 aliphatic heterocycles. The molecule has 6 nitrogen and oxygen atoms in total. The van der Waals surface area contributed by atoms with E-state index in [0.717, 1.165) is 0 Å². The van der Waals surface area contributed by atoms with Crippen LogP contribution in [0.15, 0.2) is 59.0 Å². The van der Waals surface area contributed by atoms with Crippen LogP contribution >= 0.6 is 47.0 Å². The first-order valence-corrected chi connectivity index (χ1v) is 10.3. The van der Waals surface area contributed by atoms with Crippen LogP contribution in [0.25, 0.3) is 22.6 Å². The van der Waals surface area contributed by atoms with Gasteiger partial charge in [0.1, 0.15) is 11.3 Å². The molecule has 31 heavy (non-hydrogen) atoms. The molecular weight excluding hydrogens is 481 g/mol. The summed E-state index contributed by atoms with van der Waals surface area (Å²) in [5.41, 5.74) is 2.11. The monoisotopic (exact) mass is 491 g/mol. The molecule has 0 saturated carbocycles. The lowest BCUT2D eigenvalue weighted by Crippen LogP contribution is -2.34. The molecule has 1 aromatic heterocycles. The number of aromatic hydroxyl groups is 1. The average Bonchev–Trinajstić information content (AvgIpc) is 3.14. The topological polar surface area (TPSA) is 87.4 Å². The largest absolute Gasteiger partial charge is 0.507 e. The highest BCUT2D eigenvalue weighted by molar-refractivity contribution is 7.80. The molecule has 10 heteroatoms. The van der Waals surface area contributed by atoms with Gasteiger partial charge in [0.15, 0.2) is 10.7 Å². The molecule has 4 rings (SSSR count). The number of phenols is 1. The molecule has 4 aromatic rings. The first-order valence-electron chi connectivity index (χ1n) is 8.77. The average molecular weight is 493 g/mol. The first-order chi connectivity index (χ1) is 14.8. The summed E-state index contributed by atoms with van der Waals surface area (Å²) in [5, 5.41) is 16.8. The molecule has 156 valence electrons. The zero-order valence-corrected chi connectivity index (χ0v) is 18.5. The first kappa shape index (κ1) is 21.4. The zero-order valence-electron chi connectivity index (χ0n) is 15.4. The van der Waals surface area contributed by atoms with E-state index in [9.17, 15) is 9.90 Å². The van der Waals surface area contributed by atoms with E-state index < -0.39 is 5.91 Å². The molecule has 0 fully saturated rings. The Morgan fingerprint density at radius 3 is 2.55 bits per heavy atom. The highest BCUT2D eigenvalue weighted by atomic mass is 35.5. The smallest absolute Gasteiger partial charge is 0.258 e. The summed E-state index contributed by atoms with van der Waals surface area (Å²) in [6.07, 6.45) is 0. The predicted octanol–water partition coefficient (Wildman–Crippen LogP) is 6.29. The fourth-order valence-electron chi connectivity index (χ4n) is 2.81. The third kappa shape index (κ3) is 4.75. The summed E-state index contributed by atoms with van der Waals surface area (Å²) in [7, 11) is 0. The minimum Gasteiger partial charge on any atom is -0.507 e. The number of hydrogen-bond donors (Lipinski definition) is 3. The number of rotatable bonds is 3. The maximum atomic E-state index is 12.4. The Hall–Kier alpha value is -2.84. The van der Waals surface area contributed by atoms with Gasteiger partial charge in [-0.05, 0) is 66.8 Å². The number of fused-ring (bicyclic) bond motifs is 1. The van der Waals surface area contributed by atoms with Crippen molar-refractivity contribution in [3.8, 4) is 17.2 Å². The standard InChI is InChI=1S/C21H12Cl3N3O3S/c22-10-1-4-15(24)13(7-10)19(29)27-21(31)25-12-3-5-17(28)14(9-12)20-26-16-8-11(23)2-6-18(16)30-20/h1-9,28H,(H2,25,27,29,31). The van der Waals surface area contributed by atoms with Crippen LogP contribution in [-0.2, 0) is 0 Å². The van der Waals surface area contributed by atoms with Gasteiger partial charge >= 0.3 is 0 Å². The molecular formula is C21H12Cl3N3O3S. The normalized spacial score (nSPS) is 10.8. The second-order valence-electron chi connectivity index (χ2n) is 6.40. The van der Waals surface area contributed by atoms with Gasteiger partial charge in [0.25, 0.3) is 5.91 Å². The van der Waals surface area contributed by atoms with E-state index in [1.54, 1.807) is 36.4 Å². The minimum absolute atomic E-state index is 0.0297. The van der Waals surface area contributed by atoms with Gasteiger partial charge in [-0.15, -0.1) is 0 Å². The molecule has 1 amide bonds. The van der Waals surface area contributed by atoms with Gasteiger partial charge in [0, 0.05) is 15.7 Å². The number of carbonyl (C=O) groups excluding carboxylic acids is 1. The minimum atomic E-state index is -0.514. The van der Waals surface area contributed by atoms with E-state index in [4.69, 9.17) is 51.4 Å². The van der Waals surface area contributed by atoms with Crippen molar-refractivity contribution >= 4 is 74.8 Å². The molecule has 0 aliphatic rings. The third-order valence-electron chi connectivity index (χ3n) is 4.23. The summed E-state index contributed by atoms with van der Waals surface area (Å²) in [4.78, 5) is 16.8. The maximum Gasteiger partial charge on any atom is 0.258 e. The molecule has 0 unspecified atom stereocenters. The molecule has 0 bridgehead atoms. The van der Waals surface area contributed by atoms with Crippen LogP contribution in [0, 0.1) is 0 Å². The Balaban J connectivity index is 1.54. The van der Waals surface area contributed by atoms with Crippen LogP contribution in [0.3, 0.4) is 0 Å². The number of amides is 1. The fraction of sp³-hybridized carbons (Fsp3) is 0. The fourth-order valence-corrected chi connectivity index (χ4v) is 3.56. The van der Waals surface area contributed by atoms with Crippen molar-refractivity contribution in [3.63, 3.8) is 0 Å². The van der Waals surface area contributed by atoms with Crippen molar-refractivity contribution in [2.45, 2.75) is 0 Å². The molecule has 0 aliphatic carbocycles. The van der Waals surface area contributed by atoms with Crippen LogP contribution in [0.1, 0.15) is 10.4 Å². The SMILES string of the molecule is O=C(NC(=S)Nc1ccc(O)c(-c2nc3cc(Cl)ccc3o2)c1)c1cc(Cl)ccc1Cl. The van der Waals surface area contributed by atoms with Crippen molar-refractivity contribution in [3.05, 3.63) is 75.2 Å². The molecule has 0 saturated heterocycles. The number of benzene rings is 3. The lowest BCUT2D eigenvalue weighted by molar-refractivity contribution is 0.0978. The summed E-state index contributed by atoms with van der Waals surface area (Å²) in [5.74, 6) is -0.345. The summed E-state index contributed by atoms with van der Waals surface area (Å²) >= 11 is 23.2. The van der Waals surface area contributed by atoms with Gasteiger partial charge in [-0.2, -0.15) is 0 Å². The number of nitrogens with zero attached hydrogens (tertiary/aromatic N) is 1. The Labute approximate surface area is 196 Å². The van der Waals surface area contributed by atoms with Crippen molar-refractivity contribution in [2.24, 2.45) is 0 Å². The Kier molecular flexibility index (Phi) is 6.02. The lowest BCUT2D eigenvalue weighted by atomic mass is 10.1. The number of anilines is 1. The number of nitrogens with one attached hydrogen (secondary N) is 2. The lowest BCUT2D eigenvalue weighted by Gasteiger charge is -2.11. The highest BCUT2D eigenvalue weighted by Gasteiger charge is 2.16. The second-order valence-corrected chi connectivity index (χ2v) is 8.08. The third-order valence-corrected chi connectivity index (χ3v) is 5.24. The number of phenolic OH excluding ortho intramolecular Hbond substituents is 1. The Morgan fingerprint density at radius 1 is 1.00 bits per heavy atom. The van der Waals surface area contributed by atoms with Gasteiger partial charge in [-0.3, -0.25) is 10.1 Å². The van der Waals surface area contributed by atoms with Crippen LogP contribution in [0.5, 0.6) is 5.75 Å². The van der Waals surface area contributed by atoms with E-state index in [1.165, 1.54) is 18.2 Å². The van der Waals surface area contributed by atoms with E-state index >= 15 is 0 Å². The Morgan fingerprint density at radius 2 is 1.74 bits per heavy atom. The second kappa shape index (κ2) is 8.72. The van der Waals surface area contributed by atoms with Gasteiger partial charge in [0.05, 0.1) is 16.1 Å². The quantitative estimate of drug-likeness (QED) is 0.230. The Bertz CT molecular complexity index is 1340. The molecule has 0 spiro atoms. The molecule has 3 N–H and O–H groups in total. The van der Waals surface area contributed by atoms with Crippen LogP contribution in [0.4, 0.5) is 5.69 Å². The number of aromatic nitrogens is 1. The predicted molar refractivity (Wildman–Crippen MR) is 126 cm³/mol. The van der Waals surface area contributed by atoms with Gasteiger partial charge in [-0.1, -0.05) is 34.8 Å². The van der Waals surface area contributed by atoms with Crippen molar-refractivity contribution in [1.29, 1.82) is 0 Å². The maximum absolute atomic E-state index is 12.4. The number of oxazole rings is 1. The molecule has 3 aromatic carbocycles. The molecule has 0 atom stereocenters. The highest BCUT2D eigenvalue weighted by Crippen LogP contribution is 2.34.